The number of carbonyl (C=O) groups excluding carboxylic acids is 1. The highest BCUT2D eigenvalue weighted by atomic mass is 32.2. The van der Waals surface area contributed by atoms with Gasteiger partial charge in [-0.1, -0.05) is 12.1 Å². The molecule has 30 heavy (non-hydrogen) atoms. The quantitative estimate of drug-likeness (QED) is 0.460. The Labute approximate surface area is 174 Å². The zero-order valence-corrected chi connectivity index (χ0v) is 16.7. The van der Waals surface area contributed by atoms with Crippen LogP contribution in [-0.4, -0.2) is 47.6 Å². The molecule has 9 nitrogen and oxygen atoms in total. The van der Waals surface area contributed by atoms with Crippen molar-refractivity contribution in [2.24, 2.45) is 0 Å². The lowest BCUT2D eigenvalue weighted by atomic mass is 10.0. The second-order valence-corrected chi connectivity index (χ2v) is 8.75. The maximum absolute atomic E-state index is 13.0. The summed E-state index contributed by atoms with van der Waals surface area (Å²) in [5, 5.41) is 27.5. The van der Waals surface area contributed by atoms with Crippen LogP contribution >= 0.6 is 0 Å². The van der Waals surface area contributed by atoms with Gasteiger partial charge in [-0.15, -0.1) is 0 Å². The molecular weight excluding hydrogens is 410 g/mol. The van der Waals surface area contributed by atoms with E-state index in [0.717, 1.165) is 9.87 Å². The fourth-order valence-corrected chi connectivity index (χ4v) is 4.82. The predicted molar refractivity (Wildman–Crippen MR) is 105 cm³/mol. The van der Waals surface area contributed by atoms with Crippen LogP contribution in [-0.2, 0) is 21.4 Å². The lowest BCUT2D eigenvalue weighted by molar-refractivity contribution is -0.135. The van der Waals surface area contributed by atoms with Crippen molar-refractivity contribution in [3.05, 3.63) is 59.7 Å². The molecule has 0 aliphatic carbocycles. The lowest BCUT2D eigenvalue weighted by Gasteiger charge is -2.35. The fourth-order valence-electron chi connectivity index (χ4n) is 3.21. The molecule has 3 N–H and O–H groups in total. The normalized spacial score (nSPS) is 19.6. The van der Waals surface area contributed by atoms with E-state index in [9.17, 15) is 18.3 Å². The Morgan fingerprint density at radius 1 is 1.20 bits per heavy atom. The summed E-state index contributed by atoms with van der Waals surface area (Å²) >= 11 is 0. The molecule has 158 valence electrons. The van der Waals surface area contributed by atoms with Crippen LogP contribution in [0.15, 0.2) is 53.4 Å². The van der Waals surface area contributed by atoms with Crippen LogP contribution in [0.4, 0.5) is 0 Å². The minimum atomic E-state index is -4.02. The Kier molecular flexibility index (Phi) is 6.69. The van der Waals surface area contributed by atoms with Gasteiger partial charge >= 0.3 is 0 Å². The van der Waals surface area contributed by atoms with Gasteiger partial charge in [0.05, 0.1) is 22.6 Å². The summed E-state index contributed by atoms with van der Waals surface area (Å²) in [5.41, 5.74) is 2.87. The van der Waals surface area contributed by atoms with Crippen molar-refractivity contribution in [3.63, 3.8) is 0 Å². The summed E-state index contributed by atoms with van der Waals surface area (Å²) in [6.45, 7) is 0.207. The molecule has 0 bridgehead atoms. The summed E-state index contributed by atoms with van der Waals surface area (Å²) in [5.74, 6) is -0.434. The van der Waals surface area contributed by atoms with Gasteiger partial charge in [0.25, 0.3) is 5.91 Å². The standard InChI is InChI=1S/C20H21N3O6S/c21-12-14-1-3-15(4-2-14)13-29-17-5-7-18(8-6-17)30(27,28)23-10-9-16(24)11-19(23)20(25)22-26/h1-8,16,19,24,26H,9-11,13H2,(H,22,25)/t16-,19+/m0/s1. The number of aliphatic hydroxyl groups is 1. The van der Waals surface area contributed by atoms with Gasteiger partial charge in [-0.2, -0.15) is 9.57 Å². The number of benzene rings is 2. The highest BCUT2D eigenvalue weighted by Gasteiger charge is 2.40. The molecule has 1 amide bonds. The van der Waals surface area contributed by atoms with Crippen LogP contribution in [0.2, 0.25) is 0 Å². The molecule has 0 aromatic heterocycles. The van der Waals surface area contributed by atoms with E-state index in [-0.39, 0.29) is 30.9 Å². The van der Waals surface area contributed by atoms with E-state index in [1.165, 1.54) is 29.7 Å². The van der Waals surface area contributed by atoms with Crippen LogP contribution < -0.4 is 10.2 Å². The van der Waals surface area contributed by atoms with E-state index in [2.05, 4.69) is 0 Å². The molecule has 2 atom stereocenters. The number of amides is 1. The SMILES string of the molecule is N#Cc1ccc(COc2ccc(S(=O)(=O)N3CC[C@H](O)C[C@@H]3C(=O)NO)cc2)cc1. The fraction of sp³-hybridized carbons (Fsp3) is 0.300. The summed E-state index contributed by atoms with van der Waals surface area (Å²) < 4.78 is 32.6. The summed E-state index contributed by atoms with van der Waals surface area (Å²) in [7, 11) is -4.02. The minimum Gasteiger partial charge on any atom is -0.489 e. The van der Waals surface area contributed by atoms with Gasteiger partial charge in [-0.3, -0.25) is 10.0 Å². The number of hydrogen-bond donors (Lipinski definition) is 3. The average molecular weight is 431 g/mol. The number of nitriles is 1. The minimum absolute atomic E-state index is 0.0275. The molecule has 1 saturated heterocycles. The van der Waals surface area contributed by atoms with Crippen molar-refractivity contribution in [2.75, 3.05) is 6.54 Å². The molecule has 1 fully saturated rings. The first kappa shape index (κ1) is 21.7. The highest BCUT2D eigenvalue weighted by molar-refractivity contribution is 7.89. The zero-order chi connectivity index (χ0) is 21.7. The molecule has 3 rings (SSSR count). The Morgan fingerprint density at radius 3 is 2.47 bits per heavy atom. The van der Waals surface area contributed by atoms with Crippen molar-refractivity contribution >= 4 is 15.9 Å². The number of hydrogen-bond acceptors (Lipinski definition) is 7. The smallest absolute Gasteiger partial charge is 0.261 e. The van der Waals surface area contributed by atoms with Crippen molar-refractivity contribution in [1.82, 2.24) is 9.79 Å². The molecule has 1 heterocycles. The Balaban J connectivity index is 1.72. The first-order valence-corrected chi connectivity index (χ1v) is 10.6. The number of nitrogens with zero attached hydrogens (tertiary/aromatic N) is 2. The van der Waals surface area contributed by atoms with Crippen LogP contribution in [0, 0.1) is 11.3 Å². The maximum atomic E-state index is 13.0. The number of rotatable bonds is 6. The summed E-state index contributed by atoms with van der Waals surface area (Å²) in [6.07, 6.45) is -0.728. The number of sulfonamides is 1. The third-order valence-corrected chi connectivity index (χ3v) is 6.78. The first-order chi connectivity index (χ1) is 14.3. The molecule has 0 saturated carbocycles. The first-order valence-electron chi connectivity index (χ1n) is 9.21. The molecule has 1 aliphatic rings. The van der Waals surface area contributed by atoms with Crippen LogP contribution in [0.3, 0.4) is 0 Å². The van der Waals surface area contributed by atoms with Crippen molar-refractivity contribution in [1.29, 1.82) is 5.26 Å². The lowest BCUT2D eigenvalue weighted by Crippen LogP contribution is -2.54. The largest absolute Gasteiger partial charge is 0.489 e. The molecule has 0 spiro atoms. The van der Waals surface area contributed by atoms with Gasteiger partial charge < -0.3 is 9.84 Å². The van der Waals surface area contributed by atoms with Gasteiger partial charge in [-0.05, 0) is 54.8 Å². The number of nitrogens with one attached hydrogen (secondary N) is 1. The zero-order valence-electron chi connectivity index (χ0n) is 15.9. The van der Waals surface area contributed by atoms with E-state index >= 15 is 0 Å². The third kappa shape index (κ3) is 4.77. The number of ether oxygens (including phenoxy) is 1. The number of carbonyl (C=O) groups is 1. The molecule has 1 aliphatic heterocycles. The van der Waals surface area contributed by atoms with E-state index in [0.29, 0.717) is 11.3 Å². The molecule has 2 aromatic carbocycles. The molecule has 0 unspecified atom stereocenters. The van der Waals surface area contributed by atoms with Gasteiger partial charge in [-0.25, -0.2) is 13.9 Å². The molecule has 10 heteroatoms. The molecular formula is C20H21N3O6S. The van der Waals surface area contributed by atoms with Crippen molar-refractivity contribution in [2.45, 2.75) is 36.5 Å². The van der Waals surface area contributed by atoms with Gasteiger partial charge in [0.15, 0.2) is 0 Å². The second kappa shape index (κ2) is 9.23. The van der Waals surface area contributed by atoms with E-state index in [1.54, 1.807) is 24.3 Å². The monoisotopic (exact) mass is 431 g/mol. The second-order valence-electron chi connectivity index (χ2n) is 6.85. The Hall–Kier alpha value is -2.97. The van der Waals surface area contributed by atoms with Crippen LogP contribution in [0.1, 0.15) is 24.0 Å². The number of aliphatic hydroxyl groups excluding tert-OH is 1. The van der Waals surface area contributed by atoms with Crippen LogP contribution in [0.5, 0.6) is 5.75 Å². The summed E-state index contributed by atoms with van der Waals surface area (Å²) in [4.78, 5) is 11.9. The Morgan fingerprint density at radius 2 is 1.87 bits per heavy atom. The van der Waals surface area contributed by atoms with E-state index < -0.39 is 28.1 Å². The maximum Gasteiger partial charge on any atom is 0.261 e. The van der Waals surface area contributed by atoms with Gasteiger partial charge in [0.2, 0.25) is 10.0 Å². The third-order valence-electron chi connectivity index (χ3n) is 4.86. The van der Waals surface area contributed by atoms with Crippen LogP contribution in [0.25, 0.3) is 0 Å². The van der Waals surface area contributed by atoms with Gasteiger partial charge in [0.1, 0.15) is 18.4 Å². The number of piperidine rings is 1. The predicted octanol–water partition coefficient (Wildman–Crippen LogP) is 1.16. The van der Waals surface area contributed by atoms with Gasteiger partial charge in [0, 0.05) is 6.54 Å². The number of hydroxylamine groups is 1. The highest BCUT2D eigenvalue weighted by Crippen LogP contribution is 2.27. The molecule has 2 aromatic rings. The van der Waals surface area contributed by atoms with Crippen molar-refractivity contribution < 1.29 is 28.3 Å². The van der Waals surface area contributed by atoms with E-state index in [4.69, 9.17) is 15.2 Å². The average Bonchev–Trinajstić information content (AvgIpc) is 2.77. The summed E-state index contributed by atoms with van der Waals surface area (Å²) in [6, 6.07) is 13.5. The van der Waals surface area contributed by atoms with E-state index in [1.807, 2.05) is 6.07 Å². The topological polar surface area (TPSA) is 140 Å². The van der Waals surface area contributed by atoms with Crippen molar-refractivity contribution in [3.8, 4) is 11.8 Å². The molecule has 0 radical (unpaired) electrons. The Bertz CT molecular complexity index is 1030.